The zero-order valence-corrected chi connectivity index (χ0v) is 16.3. The third-order valence-corrected chi connectivity index (χ3v) is 6.60. The molecule has 1 atom stereocenters. The number of carbonyl (C=O) groups excluding carboxylic acids is 1. The highest BCUT2D eigenvalue weighted by Gasteiger charge is 2.30. The molecule has 4 heterocycles. The summed E-state index contributed by atoms with van der Waals surface area (Å²) in [7, 11) is 0. The molecule has 7 nitrogen and oxygen atoms in total. The minimum atomic E-state index is 0.0145. The van der Waals surface area contributed by atoms with Crippen molar-refractivity contribution in [2.45, 2.75) is 51.5 Å². The average molecular weight is 375 g/mol. The van der Waals surface area contributed by atoms with Crippen LogP contribution in [0.1, 0.15) is 64.5 Å². The van der Waals surface area contributed by atoms with Crippen LogP contribution < -0.4 is 5.32 Å². The van der Waals surface area contributed by atoms with Gasteiger partial charge in [0.15, 0.2) is 5.69 Å². The van der Waals surface area contributed by atoms with Gasteiger partial charge < -0.3 is 10.2 Å². The molecule has 0 aliphatic carbocycles. The van der Waals surface area contributed by atoms with Crippen molar-refractivity contribution < 1.29 is 4.79 Å². The lowest BCUT2D eigenvalue weighted by molar-refractivity contribution is 0.0700. The van der Waals surface area contributed by atoms with Gasteiger partial charge in [0.05, 0.1) is 16.7 Å². The van der Waals surface area contributed by atoms with Crippen molar-refractivity contribution in [3.8, 4) is 0 Å². The van der Waals surface area contributed by atoms with Crippen molar-refractivity contribution in [3.05, 3.63) is 27.5 Å². The minimum Gasteiger partial charge on any atom is -0.336 e. The fourth-order valence-corrected chi connectivity index (χ4v) is 4.93. The summed E-state index contributed by atoms with van der Waals surface area (Å²) in [5.74, 6) is 0.354. The first-order valence-corrected chi connectivity index (χ1v) is 10.3. The number of hydrogen-bond donors (Lipinski definition) is 1. The number of carbonyl (C=O) groups is 1. The number of nitrogens with zero attached hydrogens (tertiary/aromatic N) is 5. The van der Waals surface area contributed by atoms with Gasteiger partial charge in [-0.2, -0.15) is 0 Å². The molecule has 1 N–H and O–H groups in total. The Hall–Kier alpha value is -1.80. The van der Waals surface area contributed by atoms with Crippen LogP contribution in [0, 0.1) is 13.8 Å². The Morgan fingerprint density at radius 2 is 2.08 bits per heavy atom. The molecule has 140 valence electrons. The average Bonchev–Trinajstić information content (AvgIpc) is 3.28. The molecule has 0 unspecified atom stereocenters. The van der Waals surface area contributed by atoms with Gasteiger partial charge in [0, 0.05) is 30.1 Å². The van der Waals surface area contributed by atoms with Crippen LogP contribution in [0.2, 0.25) is 0 Å². The van der Waals surface area contributed by atoms with Crippen LogP contribution in [0.4, 0.5) is 0 Å². The third-order valence-electron chi connectivity index (χ3n) is 5.48. The van der Waals surface area contributed by atoms with Gasteiger partial charge >= 0.3 is 0 Å². The van der Waals surface area contributed by atoms with E-state index in [0.717, 1.165) is 68.3 Å². The molecule has 2 aromatic rings. The predicted molar refractivity (Wildman–Crippen MR) is 101 cm³/mol. The van der Waals surface area contributed by atoms with E-state index in [-0.39, 0.29) is 5.91 Å². The van der Waals surface area contributed by atoms with Gasteiger partial charge in [0.25, 0.3) is 5.91 Å². The Kier molecular flexibility index (Phi) is 5.04. The van der Waals surface area contributed by atoms with E-state index in [2.05, 4.69) is 26.0 Å². The van der Waals surface area contributed by atoms with Gasteiger partial charge in [-0.1, -0.05) is 5.21 Å². The van der Waals surface area contributed by atoms with Crippen LogP contribution in [0.5, 0.6) is 0 Å². The van der Waals surface area contributed by atoms with E-state index in [1.807, 2.05) is 23.4 Å². The van der Waals surface area contributed by atoms with Crippen LogP contribution in [0.3, 0.4) is 0 Å². The number of thiazole rings is 1. The van der Waals surface area contributed by atoms with E-state index in [4.69, 9.17) is 0 Å². The van der Waals surface area contributed by atoms with Crippen molar-refractivity contribution in [1.29, 1.82) is 0 Å². The molecule has 26 heavy (non-hydrogen) atoms. The number of nitrogens with one attached hydrogen (secondary N) is 1. The fraction of sp³-hybridized carbons (Fsp3) is 0.667. The molecular formula is C18H26N6OS. The second kappa shape index (κ2) is 7.44. The first-order chi connectivity index (χ1) is 12.6. The van der Waals surface area contributed by atoms with Crippen LogP contribution in [-0.2, 0) is 0 Å². The SMILES string of the molecule is Cc1csc([C@@H]2CCCN(C(=O)c3nnn(C4CCNCC4)c3C)C2)n1. The highest BCUT2D eigenvalue weighted by Crippen LogP contribution is 2.30. The molecule has 2 aliphatic rings. The van der Waals surface area contributed by atoms with E-state index in [9.17, 15) is 4.79 Å². The van der Waals surface area contributed by atoms with Crippen molar-refractivity contribution in [2.24, 2.45) is 0 Å². The second-order valence-corrected chi connectivity index (χ2v) is 8.26. The lowest BCUT2D eigenvalue weighted by Crippen LogP contribution is -2.39. The Bertz CT molecular complexity index is 778. The molecule has 0 saturated carbocycles. The first kappa shape index (κ1) is 17.6. The summed E-state index contributed by atoms with van der Waals surface area (Å²) >= 11 is 1.70. The number of piperidine rings is 2. The maximum absolute atomic E-state index is 13.1. The van der Waals surface area contributed by atoms with E-state index in [1.54, 1.807) is 11.3 Å². The number of amides is 1. The molecule has 1 amide bonds. The topological polar surface area (TPSA) is 75.9 Å². The van der Waals surface area contributed by atoms with Gasteiger partial charge in [0.1, 0.15) is 0 Å². The summed E-state index contributed by atoms with van der Waals surface area (Å²) in [6, 6.07) is 0.345. The summed E-state index contributed by atoms with van der Waals surface area (Å²) in [5.41, 5.74) is 2.47. The van der Waals surface area contributed by atoms with Gasteiger partial charge in [-0.3, -0.25) is 4.79 Å². The summed E-state index contributed by atoms with van der Waals surface area (Å²) in [6.45, 7) is 7.50. The molecule has 4 rings (SSSR count). The molecule has 0 aromatic carbocycles. The van der Waals surface area contributed by atoms with E-state index in [1.165, 1.54) is 0 Å². The Morgan fingerprint density at radius 1 is 1.27 bits per heavy atom. The second-order valence-electron chi connectivity index (χ2n) is 7.37. The summed E-state index contributed by atoms with van der Waals surface area (Å²) in [5, 5.41) is 15.2. The molecular weight excluding hydrogens is 348 g/mol. The van der Waals surface area contributed by atoms with Crippen molar-refractivity contribution in [2.75, 3.05) is 26.2 Å². The fourth-order valence-electron chi connectivity index (χ4n) is 4.01. The number of aryl methyl sites for hydroxylation is 1. The monoisotopic (exact) mass is 374 g/mol. The maximum Gasteiger partial charge on any atom is 0.276 e. The molecule has 0 radical (unpaired) electrons. The van der Waals surface area contributed by atoms with Gasteiger partial charge in [0.2, 0.25) is 0 Å². The third kappa shape index (κ3) is 3.40. The number of hydrogen-bond acceptors (Lipinski definition) is 6. The Labute approximate surface area is 157 Å². The summed E-state index contributed by atoms with van der Waals surface area (Å²) in [4.78, 5) is 19.6. The van der Waals surface area contributed by atoms with Crippen molar-refractivity contribution >= 4 is 17.2 Å². The highest BCUT2D eigenvalue weighted by molar-refractivity contribution is 7.09. The molecule has 0 bridgehead atoms. The maximum atomic E-state index is 13.1. The van der Waals surface area contributed by atoms with Gasteiger partial charge in [-0.25, -0.2) is 9.67 Å². The van der Waals surface area contributed by atoms with Crippen molar-refractivity contribution in [3.63, 3.8) is 0 Å². The molecule has 2 saturated heterocycles. The summed E-state index contributed by atoms with van der Waals surface area (Å²) in [6.07, 6.45) is 4.17. The number of rotatable bonds is 3. The lowest BCUT2D eigenvalue weighted by atomic mass is 9.98. The van der Waals surface area contributed by atoms with E-state index < -0.39 is 0 Å². The molecule has 2 aliphatic heterocycles. The van der Waals surface area contributed by atoms with Gasteiger partial charge in [-0.15, -0.1) is 16.4 Å². The Morgan fingerprint density at radius 3 is 2.81 bits per heavy atom. The standard InChI is InChI=1S/C18H26N6OS/c1-12-11-26-17(20-12)14-4-3-9-23(10-14)18(25)16-13(2)24(22-21-16)15-5-7-19-8-6-15/h11,14-15,19H,3-10H2,1-2H3/t14-/m1/s1. The zero-order chi connectivity index (χ0) is 18.1. The molecule has 8 heteroatoms. The van der Waals surface area contributed by atoms with Crippen LogP contribution in [-0.4, -0.2) is 57.0 Å². The molecule has 2 fully saturated rings. The van der Waals surface area contributed by atoms with E-state index in [0.29, 0.717) is 17.7 Å². The predicted octanol–water partition coefficient (Wildman–Crippen LogP) is 2.30. The number of aromatic nitrogens is 4. The molecule has 2 aromatic heterocycles. The van der Waals surface area contributed by atoms with E-state index >= 15 is 0 Å². The zero-order valence-electron chi connectivity index (χ0n) is 15.4. The van der Waals surface area contributed by atoms with Crippen LogP contribution in [0.25, 0.3) is 0 Å². The van der Waals surface area contributed by atoms with Crippen LogP contribution >= 0.6 is 11.3 Å². The molecule has 0 spiro atoms. The normalized spacial score (nSPS) is 21.9. The van der Waals surface area contributed by atoms with Crippen molar-refractivity contribution in [1.82, 2.24) is 30.2 Å². The lowest BCUT2D eigenvalue weighted by Gasteiger charge is -2.31. The van der Waals surface area contributed by atoms with Crippen LogP contribution in [0.15, 0.2) is 5.38 Å². The minimum absolute atomic E-state index is 0.0145. The summed E-state index contributed by atoms with van der Waals surface area (Å²) < 4.78 is 1.96. The van der Waals surface area contributed by atoms with Gasteiger partial charge in [-0.05, 0) is 52.6 Å². The largest absolute Gasteiger partial charge is 0.336 e. The smallest absolute Gasteiger partial charge is 0.276 e. The number of likely N-dealkylation sites (tertiary alicyclic amines) is 1. The highest BCUT2D eigenvalue weighted by atomic mass is 32.1. The first-order valence-electron chi connectivity index (χ1n) is 9.47. The quantitative estimate of drug-likeness (QED) is 0.892. The Balaban J connectivity index is 1.49.